The molecule has 2 aromatic heterocycles. The zero-order valence-electron chi connectivity index (χ0n) is 14.4. The molecule has 0 aliphatic carbocycles. The van der Waals surface area contributed by atoms with Crippen molar-refractivity contribution in [3.8, 4) is 10.6 Å². The molecule has 0 radical (unpaired) electrons. The standard InChI is InChI=1S/C20H15N3O2S2/c1-12-4-9-15-17(11-12)27-19(22-15)13-5-7-14(8-6-13)21-20(26)23-18(24)16-3-2-10-25-16/h2-11H,1H3,(H2,21,23,24,26). The quantitative estimate of drug-likeness (QED) is 0.480. The van der Waals surface area contributed by atoms with Gasteiger partial charge in [-0.05, 0) is 73.2 Å². The van der Waals surface area contributed by atoms with Crippen molar-refractivity contribution < 1.29 is 9.21 Å². The third kappa shape index (κ3) is 3.89. The Balaban J connectivity index is 1.45. The smallest absolute Gasteiger partial charge is 0.293 e. The number of nitrogens with zero attached hydrogens (tertiary/aromatic N) is 1. The molecule has 0 aliphatic heterocycles. The van der Waals surface area contributed by atoms with Gasteiger partial charge in [0.2, 0.25) is 0 Å². The van der Waals surface area contributed by atoms with Crippen LogP contribution in [0.4, 0.5) is 5.69 Å². The van der Waals surface area contributed by atoms with Gasteiger partial charge in [-0.2, -0.15) is 0 Å². The highest BCUT2D eigenvalue weighted by molar-refractivity contribution is 7.80. The van der Waals surface area contributed by atoms with Crippen LogP contribution in [0.5, 0.6) is 0 Å². The molecule has 0 fully saturated rings. The van der Waals surface area contributed by atoms with Gasteiger partial charge < -0.3 is 9.73 Å². The predicted molar refractivity (Wildman–Crippen MR) is 112 cm³/mol. The normalized spacial score (nSPS) is 10.7. The first-order valence-electron chi connectivity index (χ1n) is 8.22. The molecule has 4 aromatic rings. The van der Waals surface area contributed by atoms with E-state index in [9.17, 15) is 4.79 Å². The number of thiocarbonyl (C=S) groups is 1. The van der Waals surface area contributed by atoms with Gasteiger partial charge in [0.1, 0.15) is 5.01 Å². The number of anilines is 1. The van der Waals surface area contributed by atoms with Gasteiger partial charge in [0.15, 0.2) is 10.9 Å². The number of thiazole rings is 1. The van der Waals surface area contributed by atoms with Gasteiger partial charge >= 0.3 is 0 Å². The lowest BCUT2D eigenvalue weighted by Crippen LogP contribution is -2.33. The van der Waals surface area contributed by atoms with Gasteiger partial charge in [-0.3, -0.25) is 10.1 Å². The highest BCUT2D eigenvalue weighted by Crippen LogP contribution is 2.31. The van der Waals surface area contributed by atoms with Gasteiger partial charge in [-0.25, -0.2) is 4.98 Å². The van der Waals surface area contributed by atoms with E-state index in [1.807, 2.05) is 30.3 Å². The molecule has 0 bridgehead atoms. The van der Waals surface area contributed by atoms with E-state index in [1.54, 1.807) is 23.5 Å². The fourth-order valence-corrected chi connectivity index (χ4v) is 3.87. The van der Waals surface area contributed by atoms with E-state index in [0.29, 0.717) is 0 Å². The van der Waals surface area contributed by atoms with Crippen LogP contribution in [0, 0.1) is 6.92 Å². The average molecular weight is 393 g/mol. The summed E-state index contributed by atoms with van der Waals surface area (Å²) in [4.78, 5) is 16.6. The Bertz CT molecular complexity index is 1120. The minimum Gasteiger partial charge on any atom is -0.459 e. The number of amides is 1. The topological polar surface area (TPSA) is 67.2 Å². The second kappa shape index (κ2) is 7.30. The number of carbonyl (C=O) groups is 1. The molecule has 2 heterocycles. The molecule has 4 rings (SSSR count). The molecule has 1 amide bonds. The number of hydrogen-bond acceptors (Lipinski definition) is 5. The lowest BCUT2D eigenvalue weighted by molar-refractivity contribution is 0.0950. The molecule has 0 saturated carbocycles. The second-order valence-corrected chi connectivity index (χ2v) is 7.39. The molecule has 27 heavy (non-hydrogen) atoms. The number of carbonyl (C=O) groups excluding carboxylic acids is 1. The molecule has 0 unspecified atom stereocenters. The zero-order valence-corrected chi connectivity index (χ0v) is 16.0. The molecule has 5 nitrogen and oxygen atoms in total. The Kier molecular flexibility index (Phi) is 4.70. The van der Waals surface area contributed by atoms with E-state index < -0.39 is 0 Å². The van der Waals surface area contributed by atoms with Gasteiger partial charge in [0.05, 0.1) is 16.5 Å². The molecule has 2 aromatic carbocycles. The van der Waals surface area contributed by atoms with Crippen molar-refractivity contribution in [1.82, 2.24) is 10.3 Å². The van der Waals surface area contributed by atoms with E-state index >= 15 is 0 Å². The van der Waals surface area contributed by atoms with Crippen molar-refractivity contribution in [1.29, 1.82) is 0 Å². The van der Waals surface area contributed by atoms with Crippen LogP contribution in [0.25, 0.3) is 20.8 Å². The maximum Gasteiger partial charge on any atom is 0.293 e. The summed E-state index contributed by atoms with van der Waals surface area (Å²) in [5.41, 5.74) is 4.04. The van der Waals surface area contributed by atoms with Gasteiger partial charge in [-0.15, -0.1) is 11.3 Å². The van der Waals surface area contributed by atoms with Gasteiger partial charge in [0, 0.05) is 11.3 Å². The van der Waals surface area contributed by atoms with Crippen molar-refractivity contribution in [3.05, 3.63) is 72.2 Å². The first-order chi connectivity index (χ1) is 13.1. The molecule has 0 aliphatic rings. The number of aromatic nitrogens is 1. The SMILES string of the molecule is Cc1ccc2nc(-c3ccc(NC(=S)NC(=O)c4ccco4)cc3)sc2c1. The summed E-state index contributed by atoms with van der Waals surface area (Å²) in [7, 11) is 0. The fourth-order valence-electron chi connectivity index (χ4n) is 2.59. The van der Waals surface area contributed by atoms with Crippen molar-refractivity contribution in [2.75, 3.05) is 5.32 Å². The first kappa shape index (κ1) is 17.4. The lowest BCUT2D eigenvalue weighted by atomic mass is 10.2. The van der Waals surface area contributed by atoms with Gasteiger partial charge in [0.25, 0.3) is 5.91 Å². The molecule has 134 valence electrons. The summed E-state index contributed by atoms with van der Waals surface area (Å²) in [6.45, 7) is 2.08. The second-order valence-electron chi connectivity index (χ2n) is 5.95. The Morgan fingerprint density at radius 3 is 2.70 bits per heavy atom. The maximum atomic E-state index is 11.9. The monoisotopic (exact) mass is 393 g/mol. The summed E-state index contributed by atoms with van der Waals surface area (Å²) in [5.74, 6) is -0.181. The molecule has 0 atom stereocenters. The lowest BCUT2D eigenvalue weighted by Gasteiger charge is -2.08. The minimum absolute atomic E-state index is 0.208. The number of benzene rings is 2. The number of fused-ring (bicyclic) bond motifs is 1. The first-order valence-corrected chi connectivity index (χ1v) is 9.44. The van der Waals surface area contributed by atoms with Crippen LogP contribution in [-0.4, -0.2) is 16.0 Å². The van der Waals surface area contributed by atoms with Crippen LogP contribution in [-0.2, 0) is 0 Å². The Labute approximate surface area is 165 Å². The summed E-state index contributed by atoms with van der Waals surface area (Å²) in [6.07, 6.45) is 1.44. The number of aryl methyl sites for hydroxylation is 1. The van der Waals surface area contributed by atoms with Crippen molar-refractivity contribution in [2.45, 2.75) is 6.92 Å². The molecular weight excluding hydrogens is 378 g/mol. The van der Waals surface area contributed by atoms with Crippen molar-refractivity contribution >= 4 is 50.5 Å². The Morgan fingerprint density at radius 2 is 1.96 bits per heavy atom. The highest BCUT2D eigenvalue weighted by Gasteiger charge is 2.11. The number of hydrogen-bond donors (Lipinski definition) is 2. The highest BCUT2D eigenvalue weighted by atomic mass is 32.1. The summed E-state index contributed by atoms with van der Waals surface area (Å²) >= 11 is 6.84. The van der Waals surface area contributed by atoms with Crippen LogP contribution in [0.3, 0.4) is 0 Å². The van der Waals surface area contributed by atoms with E-state index in [1.165, 1.54) is 16.5 Å². The van der Waals surface area contributed by atoms with E-state index in [2.05, 4.69) is 34.7 Å². The third-order valence-corrected chi connectivity index (χ3v) is 5.18. The molecular formula is C20H15N3O2S2. The third-order valence-electron chi connectivity index (χ3n) is 3.91. The number of rotatable bonds is 3. The average Bonchev–Trinajstić information content (AvgIpc) is 3.31. The van der Waals surface area contributed by atoms with Crippen LogP contribution >= 0.6 is 23.6 Å². The summed E-state index contributed by atoms with van der Waals surface area (Å²) < 4.78 is 6.21. The molecule has 0 spiro atoms. The van der Waals surface area contributed by atoms with E-state index in [-0.39, 0.29) is 16.8 Å². The maximum absolute atomic E-state index is 11.9. The summed E-state index contributed by atoms with van der Waals surface area (Å²) in [5, 5.41) is 6.74. The van der Waals surface area contributed by atoms with E-state index in [4.69, 9.17) is 16.6 Å². The largest absolute Gasteiger partial charge is 0.459 e. The van der Waals surface area contributed by atoms with Crippen LogP contribution in [0.2, 0.25) is 0 Å². The van der Waals surface area contributed by atoms with Crippen molar-refractivity contribution in [2.24, 2.45) is 0 Å². The van der Waals surface area contributed by atoms with Crippen LogP contribution in [0.1, 0.15) is 16.1 Å². The van der Waals surface area contributed by atoms with Gasteiger partial charge in [-0.1, -0.05) is 6.07 Å². The molecule has 7 heteroatoms. The van der Waals surface area contributed by atoms with Crippen LogP contribution in [0.15, 0.2) is 65.3 Å². The molecule has 0 saturated heterocycles. The Hall–Kier alpha value is -3.03. The zero-order chi connectivity index (χ0) is 18.8. The number of nitrogens with one attached hydrogen (secondary N) is 2. The van der Waals surface area contributed by atoms with Crippen LogP contribution < -0.4 is 10.6 Å². The van der Waals surface area contributed by atoms with Crippen molar-refractivity contribution in [3.63, 3.8) is 0 Å². The summed E-state index contributed by atoms with van der Waals surface area (Å²) in [6, 6.07) is 17.2. The van der Waals surface area contributed by atoms with E-state index in [0.717, 1.165) is 21.8 Å². The minimum atomic E-state index is -0.390. The predicted octanol–water partition coefficient (Wildman–Crippen LogP) is 4.99. The fraction of sp³-hybridized carbons (Fsp3) is 0.0500. The Morgan fingerprint density at radius 1 is 1.15 bits per heavy atom. The molecule has 2 N–H and O–H groups in total. The number of furan rings is 1.